The van der Waals surface area contributed by atoms with Crippen molar-refractivity contribution in [2.75, 3.05) is 0 Å². The molecule has 0 saturated carbocycles. The molecule has 2 aromatic rings. The van der Waals surface area contributed by atoms with E-state index in [1.807, 2.05) is 6.07 Å². The van der Waals surface area contributed by atoms with Crippen LogP contribution in [0.5, 0.6) is 0 Å². The molecule has 0 aromatic heterocycles. The molecule has 0 radical (unpaired) electrons. The number of benzene rings is 2. The van der Waals surface area contributed by atoms with Gasteiger partial charge >= 0.3 is 12.3 Å². The van der Waals surface area contributed by atoms with Gasteiger partial charge in [-0.1, -0.05) is 42.5 Å². The predicted molar refractivity (Wildman–Crippen MR) is 63.3 cm³/mol. The first-order valence-corrected chi connectivity index (χ1v) is 5.41. The number of hydrogen-bond donors (Lipinski definition) is 0. The molecule has 2 nitrogen and oxygen atoms in total. The number of esters is 1. The van der Waals surface area contributed by atoms with Crippen LogP contribution >= 0.6 is 0 Å². The van der Waals surface area contributed by atoms with E-state index in [1.165, 1.54) is 18.2 Å². The van der Waals surface area contributed by atoms with Gasteiger partial charge in [0.2, 0.25) is 0 Å². The van der Waals surface area contributed by atoms with Crippen LogP contribution in [0.4, 0.5) is 13.2 Å². The Morgan fingerprint density at radius 3 is 2.16 bits per heavy atom. The zero-order valence-corrected chi connectivity index (χ0v) is 9.65. The Morgan fingerprint density at radius 1 is 0.895 bits per heavy atom. The normalized spacial score (nSPS) is 11.1. The molecule has 5 heteroatoms. The molecular weight excluding hydrogens is 257 g/mol. The summed E-state index contributed by atoms with van der Waals surface area (Å²) in [4.78, 5) is 11.3. The third kappa shape index (κ3) is 3.58. The van der Waals surface area contributed by atoms with Gasteiger partial charge in [0.1, 0.15) is 0 Å². The van der Waals surface area contributed by atoms with E-state index in [4.69, 9.17) is 0 Å². The predicted octanol–water partition coefficient (Wildman–Crippen LogP) is 4.03. The van der Waals surface area contributed by atoms with Crippen LogP contribution in [0, 0.1) is 0 Å². The van der Waals surface area contributed by atoms with E-state index in [0.29, 0.717) is 5.56 Å². The van der Waals surface area contributed by atoms with E-state index >= 15 is 0 Å². The van der Waals surface area contributed by atoms with Crippen molar-refractivity contribution in [3.63, 3.8) is 0 Å². The number of rotatable bonds is 2. The Hall–Kier alpha value is -2.30. The molecule has 0 unspecified atom stereocenters. The highest BCUT2D eigenvalue weighted by Gasteiger charge is 2.34. The minimum Gasteiger partial charge on any atom is -0.369 e. The number of halogens is 3. The topological polar surface area (TPSA) is 26.3 Å². The van der Waals surface area contributed by atoms with Crippen molar-refractivity contribution in [1.29, 1.82) is 0 Å². The SMILES string of the molecule is O=C(OC(F)(F)F)c1cccc(-c2ccccc2)c1. The summed E-state index contributed by atoms with van der Waals surface area (Å²) in [6, 6.07) is 14.9. The van der Waals surface area contributed by atoms with E-state index < -0.39 is 12.3 Å². The van der Waals surface area contributed by atoms with E-state index in [0.717, 1.165) is 5.56 Å². The number of alkyl halides is 3. The number of carbonyl (C=O) groups excluding carboxylic acids is 1. The maximum Gasteiger partial charge on any atom is 0.575 e. The van der Waals surface area contributed by atoms with Crippen LogP contribution in [0.25, 0.3) is 11.1 Å². The van der Waals surface area contributed by atoms with Gasteiger partial charge in [-0.25, -0.2) is 4.79 Å². The van der Waals surface area contributed by atoms with Gasteiger partial charge in [0.25, 0.3) is 0 Å². The fraction of sp³-hybridized carbons (Fsp3) is 0.0714. The molecule has 0 saturated heterocycles. The molecule has 0 aliphatic heterocycles. The van der Waals surface area contributed by atoms with Crippen molar-refractivity contribution in [2.24, 2.45) is 0 Å². The molecule has 0 aliphatic carbocycles. The highest BCUT2D eigenvalue weighted by atomic mass is 19.4. The van der Waals surface area contributed by atoms with Crippen LogP contribution in [0.15, 0.2) is 54.6 Å². The van der Waals surface area contributed by atoms with Gasteiger partial charge in [0, 0.05) is 0 Å². The van der Waals surface area contributed by atoms with Crippen LogP contribution in [0.2, 0.25) is 0 Å². The average Bonchev–Trinajstić information content (AvgIpc) is 2.38. The third-order valence-electron chi connectivity index (χ3n) is 2.41. The Bertz CT molecular complexity index is 577. The smallest absolute Gasteiger partial charge is 0.369 e. The lowest BCUT2D eigenvalue weighted by Crippen LogP contribution is -2.19. The van der Waals surface area contributed by atoms with E-state index in [-0.39, 0.29) is 5.56 Å². The van der Waals surface area contributed by atoms with Crippen LogP contribution < -0.4 is 0 Å². The van der Waals surface area contributed by atoms with Crippen LogP contribution in [-0.2, 0) is 4.74 Å². The van der Waals surface area contributed by atoms with Gasteiger partial charge in [-0.05, 0) is 23.3 Å². The summed E-state index contributed by atoms with van der Waals surface area (Å²) in [7, 11) is 0. The van der Waals surface area contributed by atoms with E-state index in [2.05, 4.69) is 4.74 Å². The first kappa shape index (κ1) is 13.1. The Labute approximate surface area is 107 Å². The lowest BCUT2D eigenvalue weighted by molar-refractivity contribution is -0.291. The zero-order chi connectivity index (χ0) is 13.9. The Kier molecular flexibility index (Phi) is 3.55. The summed E-state index contributed by atoms with van der Waals surface area (Å²) in [6.45, 7) is 0. The van der Waals surface area contributed by atoms with Crippen LogP contribution in [0.1, 0.15) is 10.4 Å². The van der Waals surface area contributed by atoms with E-state index in [9.17, 15) is 18.0 Å². The number of hydrogen-bond acceptors (Lipinski definition) is 2. The summed E-state index contributed by atoms with van der Waals surface area (Å²) in [5.74, 6) is -1.41. The molecule has 0 atom stereocenters. The quantitative estimate of drug-likeness (QED) is 0.767. The third-order valence-corrected chi connectivity index (χ3v) is 2.41. The molecule has 0 fully saturated rings. The summed E-state index contributed by atoms with van der Waals surface area (Å²) < 4.78 is 39.3. The molecule has 0 bridgehead atoms. The monoisotopic (exact) mass is 266 g/mol. The van der Waals surface area contributed by atoms with E-state index in [1.54, 1.807) is 30.3 Å². The lowest BCUT2D eigenvalue weighted by atomic mass is 10.0. The van der Waals surface area contributed by atoms with Gasteiger partial charge < -0.3 is 4.74 Å². The van der Waals surface area contributed by atoms with Crippen LogP contribution in [-0.4, -0.2) is 12.3 Å². The van der Waals surface area contributed by atoms with Gasteiger partial charge in [0.15, 0.2) is 0 Å². The van der Waals surface area contributed by atoms with Gasteiger partial charge in [0.05, 0.1) is 5.56 Å². The second-order valence-electron chi connectivity index (χ2n) is 3.78. The number of carbonyl (C=O) groups is 1. The highest BCUT2D eigenvalue weighted by molar-refractivity contribution is 5.91. The molecule has 0 spiro atoms. The van der Waals surface area contributed by atoms with Crippen LogP contribution in [0.3, 0.4) is 0 Å². The minimum absolute atomic E-state index is 0.140. The average molecular weight is 266 g/mol. The first-order valence-electron chi connectivity index (χ1n) is 5.41. The maximum absolute atomic E-state index is 12.0. The molecule has 0 amide bonds. The summed E-state index contributed by atoms with van der Waals surface area (Å²) >= 11 is 0. The van der Waals surface area contributed by atoms with Crippen molar-refractivity contribution >= 4 is 5.97 Å². The lowest BCUT2D eigenvalue weighted by Gasteiger charge is -2.08. The maximum atomic E-state index is 12.0. The largest absolute Gasteiger partial charge is 0.575 e. The Morgan fingerprint density at radius 2 is 1.53 bits per heavy atom. The first-order chi connectivity index (χ1) is 8.96. The molecule has 19 heavy (non-hydrogen) atoms. The molecule has 2 aromatic carbocycles. The Balaban J connectivity index is 2.28. The van der Waals surface area contributed by atoms with Gasteiger partial charge in [-0.15, -0.1) is 13.2 Å². The fourth-order valence-electron chi connectivity index (χ4n) is 1.62. The van der Waals surface area contributed by atoms with Crippen molar-refractivity contribution in [3.05, 3.63) is 60.2 Å². The molecular formula is C14H9F3O2. The molecule has 98 valence electrons. The summed E-state index contributed by atoms with van der Waals surface area (Å²) in [6.07, 6.45) is -4.97. The highest BCUT2D eigenvalue weighted by Crippen LogP contribution is 2.23. The minimum atomic E-state index is -4.97. The van der Waals surface area contributed by atoms with Crippen molar-refractivity contribution in [2.45, 2.75) is 6.36 Å². The van der Waals surface area contributed by atoms with Gasteiger partial charge in [-0.2, -0.15) is 0 Å². The standard InChI is InChI=1S/C14H9F3O2/c15-14(16,17)19-13(18)12-8-4-7-11(9-12)10-5-2-1-3-6-10/h1-9H. The summed E-state index contributed by atoms with van der Waals surface area (Å²) in [5.41, 5.74) is 1.32. The molecule has 0 heterocycles. The zero-order valence-electron chi connectivity index (χ0n) is 9.65. The number of ether oxygens (including phenoxy) is 1. The molecule has 0 N–H and O–H groups in total. The second-order valence-corrected chi connectivity index (χ2v) is 3.78. The fourth-order valence-corrected chi connectivity index (χ4v) is 1.62. The van der Waals surface area contributed by atoms with Crippen molar-refractivity contribution in [3.8, 4) is 11.1 Å². The van der Waals surface area contributed by atoms with Crippen molar-refractivity contribution < 1.29 is 22.7 Å². The second kappa shape index (κ2) is 5.14. The van der Waals surface area contributed by atoms with Gasteiger partial charge in [-0.3, -0.25) is 0 Å². The van der Waals surface area contributed by atoms with Crippen molar-refractivity contribution in [1.82, 2.24) is 0 Å². The molecule has 2 rings (SSSR count). The molecule has 0 aliphatic rings. The summed E-state index contributed by atoms with van der Waals surface area (Å²) in [5, 5.41) is 0.